The van der Waals surface area contributed by atoms with Crippen molar-refractivity contribution < 1.29 is 4.79 Å². The number of rotatable bonds is 4. The van der Waals surface area contributed by atoms with Crippen LogP contribution in [-0.2, 0) is 17.8 Å². The molecule has 4 rings (SSSR count). The van der Waals surface area contributed by atoms with Crippen LogP contribution in [0.1, 0.15) is 23.9 Å². The quantitative estimate of drug-likeness (QED) is 0.573. The molecule has 0 spiro atoms. The average Bonchev–Trinajstić information content (AvgIpc) is 3.05. The summed E-state index contributed by atoms with van der Waals surface area (Å²) in [5, 5.41) is 3.78. The minimum absolute atomic E-state index is 0.0695. The Bertz CT molecular complexity index is 1270. The second-order valence-electron chi connectivity index (χ2n) is 6.78. The molecular formula is C21H20N4O2S. The first-order chi connectivity index (χ1) is 13.5. The summed E-state index contributed by atoms with van der Waals surface area (Å²) in [5.74, 6) is 0.348. The number of nitrogens with zero attached hydrogens (tertiary/aromatic N) is 3. The topological polar surface area (TPSA) is 76.9 Å². The van der Waals surface area contributed by atoms with Crippen LogP contribution in [0.3, 0.4) is 0 Å². The van der Waals surface area contributed by atoms with Crippen LogP contribution in [0.4, 0.5) is 5.69 Å². The highest BCUT2D eigenvalue weighted by Gasteiger charge is 2.17. The minimum atomic E-state index is -0.246. The lowest BCUT2D eigenvalue weighted by Gasteiger charge is -2.13. The number of aryl methyl sites for hydroxylation is 3. The van der Waals surface area contributed by atoms with Gasteiger partial charge in [0.25, 0.3) is 5.56 Å². The highest BCUT2D eigenvalue weighted by Crippen LogP contribution is 2.28. The zero-order chi connectivity index (χ0) is 19.8. The van der Waals surface area contributed by atoms with Crippen LogP contribution in [0.25, 0.3) is 20.4 Å². The number of hydrogen-bond donors (Lipinski definition) is 1. The number of thiophene rings is 1. The van der Waals surface area contributed by atoms with Gasteiger partial charge in [-0.3, -0.25) is 14.2 Å². The van der Waals surface area contributed by atoms with E-state index in [0.717, 1.165) is 27.0 Å². The molecule has 0 aliphatic rings. The van der Waals surface area contributed by atoms with E-state index in [9.17, 15) is 9.59 Å². The number of anilines is 1. The molecule has 0 saturated carbocycles. The largest absolute Gasteiger partial charge is 0.324 e. The molecule has 1 N–H and O–H groups in total. The van der Waals surface area contributed by atoms with Crippen molar-refractivity contribution >= 4 is 43.4 Å². The average molecular weight is 392 g/mol. The van der Waals surface area contributed by atoms with Crippen molar-refractivity contribution in [3.63, 3.8) is 0 Å². The Balaban J connectivity index is 1.73. The van der Waals surface area contributed by atoms with Crippen LogP contribution < -0.4 is 10.9 Å². The fourth-order valence-electron chi connectivity index (χ4n) is 3.33. The smallest absolute Gasteiger partial charge is 0.272 e. The van der Waals surface area contributed by atoms with Crippen molar-refractivity contribution in [2.45, 2.75) is 33.7 Å². The predicted molar refractivity (Wildman–Crippen MR) is 113 cm³/mol. The van der Waals surface area contributed by atoms with E-state index in [1.54, 1.807) is 6.20 Å². The number of carbonyl (C=O) groups excluding carboxylic acids is 1. The molecule has 0 atom stereocenters. The molecule has 1 aromatic carbocycles. The van der Waals surface area contributed by atoms with Crippen molar-refractivity contribution in [3.8, 4) is 0 Å². The first kappa shape index (κ1) is 18.3. The van der Waals surface area contributed by atoms with Gasteiger partial charge in [0.2, 0.25) is 5.91 Å². The predicted octanol–water partition coefficient (Wildman–Crippen LogP) is 3.82. The van der Waals surface area contributed by atoms with Gasteiger partial charge in [-0.1, -0.05) is 24.6 Å². The number of nitrogens with one attached hydrogen (secondary N) is 1. The third-order valence-corrected chi connectivity index (χ3v) is 5.80. The van der Waals surface area contributed by atoms with Gasteiger partial charge < -0.3 is 5.32 Å². The van der Waals surface area contributed by atoms with Crippen molar-refractivity contribution in [3.05, 3.63) is 63.8 Å². The standard InChI is InChI=1S/C21H20N4O2S/c1-4-16-24-18-14-6-5-9-22-20(14)28-19(18)21(27)25(16)11-17(26)23-15-8-7-12(2)10-13(15)3/h5-10H,4,11H2,1-3H3,(H,23,26). The molecule has 0 saturated heterocycles. The van der Waals surface area contributed by atoms with E-state index in [1.165, 1.54) is 15.9 Å². The highest BCUT2D eigenvalue weighted by atomic mass is 32.1. The molecule has 142 valence electrons. The molecule has 0 unspecified atom stereocenters. The summed E-state index contributed by atoms with van der Waals surface area (Å²) in [6.45, 7) is 5.81. The maximum atomic E-state index is 13.1. The molecule has 1 amide bonds. The third-order valence-electron chi connectivity index (χ3n) is 4.71. The fourth-order valence-corrected chi connectivity index (χ4v) is 4.36. The summed E-state index contributed by atoms with van der Waals surface area (Å²) < 4.78 is 2.00. The molecule has 3 aromatic heterocycles. The third kappa shape index (κ3) is 3.18. The molecule has 0 radical (unpaired) electrons. The van der Waals surface area contributed by atoms with E-state index in [0.29, 0.717) is 22.5 Å². The second kappa shape index (κ2) is 7.16. The van der Waals surface area contributed by atoms with Gasteiger partial charge in [0.05, 0.1) is 5.52 Å². The zero-order valence-corrected chi connectivity index (χ0v) is 16.8. The van der Waals surface area contributed by atoms with E-state index in [-0.39, 0.29) is 18.0 Å². The van der Waals surface area contributed by atoms with Crippen LogP contribution in [0.15, 0.2) is 41.3 Å². The Hall–Kier alpha value is -3.06. The van der Waals surface area contributed by atoms with Crippen LogP contribution in [0.5, 0.6) is 0 Å². The lowest BCUT2D eigenvalue weighted by atomic mass is 10.1. The van der Waals surface area contributed by atoms with Gasteiger partial charge in [-0.15, -0.1) is 11.3 Å². The Morgan fingerprint density at radius 2 is 2.07 bits per heavy atom. The Labute approximate surface area is 165 Å². The zero-order valence-electron chi connectivity index (χ0n) is 15.9. The van der Waals surface area contributed by atoms with E-state index >= 15 is 0 Å². The van der Waals surface area contributed by atoms with Crippen LogP contribution in [0.2, 0.25) is 0 Å². The molecule has 6 nitrogen and oxygen atoms in total. The summed E-state index contributed by atoms with van der Waals surface area (Å²) in [6.07, 6.45) is 2.26. The van der Waals surface area contributed by atoms with E-state index in [4.69, 9.17) is 0 Å². The summed E-state index contributed by atoms with van der Waals surface area (Å²) in [6, 6.07) is 9.60. The number of hydrogen-bond acceptors (Lipinski definition) is 5. The Kier molecular flexibility index (Phi) is 4.68. The van der Waals surface area contributed by atoms with Gasteiger partial charge in [0, 0.05) is 23.7 Å². The van der Waals surface area contributed by atoms with Crippen LogP contribution in [-0.4, -0.2) is 20.4 Å². The summed E-state index contributed by atoms with van der Waals surface area (Å²) >= 11 is 1.32. The molecular weight excluding hydrogens is 372 g/mol. The number of benzene rings is 1. The maximum Gasteiger partial charge on any atom is 0.272 e. The highest BCUT2D eigenvalue weighted by molar-refractivity contribution is 7.25. The van der Waals surface area contributed by atoms with Gasteiger partial charge in [-0.05, 0) is 37.6 Å². The monoisotopic (exact) mass is 392 g/mol. The number of aromatic nitrogens is 3. The fraction of sp³-hybridized carbons (Fsp3) is 0.238. The summed E-state index contributed by atoms with van der Waals surface area (Å²) in [7, 11) is 0. The van der Waals surface area contributed by atoms with Gasteiger partial charge >= 0.3 is 0 Å². The first-order valence-electron chi connectivity index (χ1n) is 9.12. The van der Waals surface area contributed by atoms with Crippen molar-refractivity contribution in [2.24, 2.45) is 0 Å². The van der Waals surface area contributed by atoms with Gasteiger partial charge in [0.1, 0.15) is 21.9 Å². The SMILES string of the molecule is CCc1nc2c(sc3ncccc32)c(=O)n1CC(=O)Nc1ccc(C)cc1C. The van der Waals surface area contributed by atoms with Crippen molar-refractivity contribution in [1.29, 1.82) is 0 Å². The van der Waals surface area contributed by atoms with E-state index < -0.39 is 0 Å². The molecule has 0 fully saturated rings. The number of fused-ring (bicyclic) bond motifs is 3. The van der Waals surface area contributed by atoms with Gasteiger partial charge in [-0.25, -0.2) is 9.97 Å². The van der Waals surface area contributed by atoms with Crippen LogP contribution >= 0.6 is 11.3 Å². The molecule has 0 aliphatic carbocycles. The molecule has 0 aliphatic heterocycles. The molecule has 7 heteroatoms. The second-order valence-corrected chi connectivity index (χ2v) is 7.77. The number of carbonyl (C=O) groups is 1. The lowest BCUT2D eigenvalue weighted by Crippen LogP contribution is -2.30. The van der Waals surface area contributed by atoms with Gasteiger partial charge in [-0.2, -0.15) is 0 Å². The number of amides is 1. The van der Waals surface area contributed by atoms with E-state index in [1.807, 2.05) is 51.1 Å². The van der Waals surface area contributed by atoms with Crippen LogP contribution in [0, 0.1) is 13.8 Å². The lowest BCUT2D eigenvalue weighted by molar-refractivity contribution is -0.116. The summed E-state index contributed by atoms with van der Waals surface area (Å²) in [4.78, 5) is 35.5. The molecule has 0 bridgehead atoms. The number of pyridine rings is 1. The molecule has 3 heterocycles. The Morgan fingerprint density at radius 3 is 2.82 bits per heavy atom. The van der Waals surface area contributed by atoms with Crippen molar-refractivity contribution in [1.82, 2.24) is 14.5 Å². The van der Waals surface area contributed by atoms with Crippen molar-refractivity contribution in [2.75, 3.05) is 5.32 Å². The van der Waals surface area contributed by atoms with Gasteiger partial charge in [0.15, 0.2) is 0 Å². The first-order valence-corrected chi connectivity index (χ1v) is 9.93. The molecule has 4 aromatic rings. The normalized spacial score (nSPS) is 11.2. The Morgan fingerprint density at radius 1 is 1.25 bits per heavy atom. The minimum Gasteiger partial charge on any atom is -0.324 e. The van der Waals surface area contributed by atoms with E-state index in [2.05, 4.69) is 15.3 Å². The molecule has 28 heavy (non-hydrogen) atoms. The maximum absolute atomic E-state index is 13.1. The summed E-state index contributed by atoms with van der Waals surface area (Å²) in [5.41, 5.74) is 3.34.